The van der Waals surface area contributed by atoms with Gasteiger partial charge in [0.25, 0.3) is 0 Å². The molecule has 0 fully saturated rings. The molecule has 0 unspecified atom stereocenters. The van der Waals surface area contributed by atoms with E-state index in [0.29, 0.717) is 11.4 Å². The first-order valence-electron chi connectivity index (χ1n) is 4.13. The number of sulfonamides is 1. The van der Waals surface area contributed by atoms with Gasteiger partial charge in [0, 0.05) is 11.4 Å². The monoisotopic (exact) mass is 226 g/mol. The van der Waals surface area contributed by atoms with Gasteiger partial charge in [-0.15, -0.1) is 0 Å². The average molecular weight is 226 g/mol. The fraction of sp³-hybridized carbons (Fsp3) is 0.375. The van der Waals surface area contributed by atoms with Crippen molar-refractivity contribution < 1.29 is 8.42 Å². The fourth-order valence-electron chi connectivity index (χ4n) is 1.03. The highest BCUT2D eigenvalue weighted by Crippen LogP contribution is 2.05. The maximum atomic E-state index is 11.2. The third-order valence-electron chi connectivity index (χ3n) is 1.48. The minimum Gasteiger partial charge on any atom is -0.250 e. The summed E-state index contributed by atoms with van der Waals surface area (Å²) in [6.07, 6.45) is 0. The second kappa shape index (κ2) is 4.23. The Kier molecular flexibility index (Phi) is 3.21. The summed E-state index contributed by atoms with van der Waals surface area (Å²) in [7, 11) is -3.65. The van der Waals surface area contributed by atoms with E-state index in [9.17, 15) is 8.42 Å². The zero-order valence-electron chi connectivity index (χ0n) is 8.35. The summed E-state index contributed by atoms with van der Waals surface area (Å²) in [6.45, 7) is 3.47. The summed E-state index contributed by atoms with van der Waals surface area (Å²) in [4.78, 5) is 7.78. The zero-order chi connectivity index (χ0) is 11.5. The number of nitrogens with zero attached hydrogens (tertiary/aromatic N) is 3. The Hall–Kier alpha value is -1.68. The predicted molar refractivity (Wildman–Crippen MR) is 54.5 cm³/mol. The van der Waals surface area contributed by atoms with Crippen LogP contribution in [0.5, 0.6) is 0 Å². The van der Waals surface area contributed by atoms with Crippen LogP contribution in [0.15, 0.2) is 6.07 Å². The Morgan fingerprint density at radius 3 is 2.40 bits per heavy atom. The van der Waals surface area contributed by atoms with Crippen molar-refractivity contribution in [3.8, 4) is 6.07 Å². The number of hydrogen-bond acceptors (Lipinski definition) is 5. The van der Waals surface area contributed by atoms with E-state index in [4.69, 9.17) is 5.26 Å². The largest absolute Gasteiger partial charge is 0.250 e. The first kappa shape index (κ1) is 11.4. The molecule has 1 aromatic rings. The minimum atomic E-state index is -3.65. The normalized spacial score (nSPS) is 10.7. The van der Waals surface area contributed by atoms with Crippen LogP contribution in [-0.2, 0) is 10.0 Å². The van der Waals surface area contributed by atoms with E-state index in [-0.39, 0.29) is 5.95 Å². The highest BCUT2D eigenvalue weighted by Gasteiger charge is 2.11. The number of aromatic nitrogens is 2. The third-order valence-corrected chi connectivity index (χ3v) is 2.49. The quantitative estimate of drug-likeness (QED) is 0.802. The van der Waals surface area contributed by atoms with Crippen molar-refractivity contribution in [3.63, 3.8) is 0 Å². The topological polar surface area (TPSA) is 95.7 Å². The number of hydrogen-bond donors (Lipinski definition) is 1. The molecule has 1 aromatic heterocycles. The van der Waals surface area contributed by atoms with Gasteiger partial charge in [0.05, 0.1) is 6.07 Å². The van der Waals surface area contributed by atoms with Crippen LogP contribution in [0, 0.1) is 25.2 Å². The molecule has 0 bridgehead atoms. The van der Waals surface area contributed by atoms with Crippen molar-refractivity contribution in [2.75, 3.05) is 10.5 Å². The van der Waals surface area contributed by atoms with Crippen LogP contribution in [0.3, 0.4) is 0 Å². The van der Waals surface area contributed by atoms with Crippen LogP contribution < -0.4 is 4.72 Å². The maximum absolute atomic E-state index is 11.2. The zero-order valence-corrected chi connectivity index (χ0v) is 9.17. The Morgan fingerprint density at radius 1 is 1.40 bits per heavy atom. The smallest absolute Gasteiger partial charge is 0.248 e. The first-order chi connectivity index (χ1) is 6.93. The van der Waals surface area contributed by atoms with E-state index in [1.54, 1.807) is 26.0 Å². The molecular weight excluding hydrogens is 216 g/mol. The van der Waals surface area contributed by atoms with Gasteiger partial charge in [-0.2, -0.15) is 5.26 Å². The van der Waals surface area contributed by atoms with Crippen LogP contribution in [0.4, 0.5) is 5.95 Å². The second-order valence-corrected chi connectivity index (χ2v) is 4.72. The molecule has 0 aromatic carbocycles. The van der Waals surface area contributed by atoms with Crippen molar-refractivity contribution in [1.82, 2.24) is 9.97 Å². The number of rotatable bonds is 3. The van der Waals surface area contributed by atoms with Gasteiger partial charge in [-0.25, -0.2) is 18.4 Å². The first-order valence-corrected chi connectivity index (χ1v) is 5.78. The molecule has 1 N–H and O–H groups in total. The minimum absolute atomic E-state index is 0.00255. The molecule has 0 atom stereocenters. The average Bonchev–Trinajstić information content (AvgIpc) is 1.99. The van der Waals surface area contributed by atoms with Gasteiger partial charge in [0.2, 0.25) is 16.0 Å². The van der Waals surface area contributed by atoms with Crippen molar-refractivity contribution in [1.29, 1.82) is 5.26 Å². The SMILES string of the molecule is Cc1cc(C)nc(NS(=O)(=O)CC#N)n1. The number of aryl methyl sites for hydroxylation is 2. The standard InChI is InChI=1S/C8H10N4O2S/c1-6-5-7(2)11-8(10-6)12-15(13,14)4-3-9/h5H,4H2,1-2H3,(H,10,11,12). The van der Waals surface area contributed by atoms with E-state index in [0.717, 1.165) is 0 Å². The molecule has 80 valence electrons. The molecule has 6 nitrogen and oxygen atoms in total. The summed E-state index contributed by atoms with van der Waals surface area (Å²) in [5.41, 5.74) is 1.33. The third kappa shape index (κ3) is 3.52. The van der Waals surface area contributed by atoms with Gasteiger partial charge in [-0.1, -0.05) is 0 Å². The molecule has 7 heteroatoms. The Balaban J connectivity index is 2.96. The van der Waals surface area contributed by atoms with Crippen molar-refractivity contribution in [2.24, 2.45) is 0 Å². The summed E-state index contributed by atoms with van der Waals surface area (Å²) >= 11 is 0. The Bertz CT molecular complexity index is 484. The molecule has 0 amide bonds. The highest BCUT2D eigenvalue weighted by molar-refractivity contribution is 7.92. The van der Waals surface area contributed by atoms with Crippen LogP contribution >= 0.6 is 0 Å². The molecule has 0 aliphatic heterocycles. The Labute approximate surface area is 88.0 Å². The predicted octanol–water partition coefficient (Wildman–Crippen LogP) is 0.359. The number of nitrogens with one attached hydrogen (secondary N) is 1. The molecule has 0 saturated heterocycles. The van der Waals surface area contributed by atoms with Gasteiger partial charge < -0.3 is 0 Å². The van der Waals surface area contributed by atoms with Gasteiger partial charge >= 0.3 is 0 Å². The van der Waals surface area contributed by atoms with Crippen molar-refractivity contribution in [3.05, 3.63) is 17.5 Å². The Morgan fingerprint density at radius 2 is 1.93 bits per heavy atom. The van der Waals surface area contributed by atoms with Crippen LogP contribution in [-0.4, -0.2) is 24.1 Å². The van der Waals surface area contributed by atoms with Gasteiger partial charge in [0.15, 0.2) is 5.75 Å². The molecule has 1 heterocycles. The van der Waals surface area contributed by atoms with E-state index in [1.165, 1.54) is 0 Å². The van der Waals surface area contributed by atoms with Gasteiger partial charge in [-0.3, -0.25) is 4.72 Å². The summed E-state index contributed by atoms with van der Waals surface area (Å²) < 4.78 is 24.5. The molecule has 0 aliphatic carbocycles. The fourth-order valence-corrected chi connectivity index (χ4v) is 1.64. The molecule has 0 saturated carbocycles. The highest BCUT2D eigenvalue weighted by atomic mass is 32.2. The molecular formula is C8H10N4O2S. The van der Waals surface area contributed by atoms with Crippen molar-refractivity contribution in [2.45, 2.75) is 13.8 Å². The van der Waals surface area contributed by atoms with Gasteiger partial charge in [-0.05, 0) is 19.9 Å². The molecule has 0 spiro atoms. The van der Waals surface area contributed by atoms with E-state index >= 15 is 0 Å². The summed E-state index contributed by atoms with van der Waals surface area (Å²) in [5.74, 6) is -0.605. The van der Waals surface area contributed by atoms with Crippen LogP contribution in [0.1, 0.15) is 11.4 Å². The molecule has 15 heavy (non-hydrogen) atoms. The lowest BCUT2D eigenvalue weighted by Crippen LogP contribution is -2.17. The molecule has 0 radical (unpaired) electrons. The maximum Gasteiger partial charge on any atom is 0.248 e. The van der Waals surface area contributed by atoms with Crippen molar-refractivity contribution >= 4 is 16.0 Å². The molecule has 0 aliphatic rings. The van der Waals surface area contributed by atoms with E-state index in [2.05, 4.69) is 14.7 Å². The lowest BCUT2D eigenvalue weighted by molar-refractivity contribution is 0.604. The second-order valence-electron chi connectivity index (χ2n) is 2.99. The lowest BCUT2D eigenvalue weighted by Gasteiger charge is -2.04. The number of anilines is 1. The van der Waals surface area contributed by atoms with E-state index in [1.807, 2.05) is 0 Å². The van der Waals surface area contributed by atoms with Gasteiger partial charge in [0.1, 0.15) is 0 Å². The van der Waals surface area contributed by atoms with E-state index < -0.39 is 15.8 Å². The van der Waals surface area contributed by atoms with Crippen LogP contribution in [0.25, 0.3) is 0 Å². The summed E-state index contributed by atoms with van der Waals surface area (Å²) in [5, 5.41) is 8.28. The number of nitriles is 1. The van der Waals surface area contributed by atoms with Crippen LogP contribution in [0.2, 0.25) is 0 Å². The summed E-state index contributed by atoms with van der Waals surface area (Å²) in [6, 6.07) is 3.28. The molecule has 1 rings (SSSR count). The lowest BCUT2D eigenvalue weighted by atomic mass is 10.4.